The van der Waals surface area contributed by atoms with Crippen LogP contribution in [0.25, 0.3) is 0 Å². The highest BCUT2D eigenvalue weighted by Crippen LogP contribution is 2.24. The van der Waals surface area contributed by atoms with Gasteiger partial charge >= 0.3 is 0 Å². The van der Waals surface area contributed by atoms with Crippen molar-refractivity contribution in [1.82, 2.24) is 10.0 Å². The summed E-state index contributed by atoms with van der Waals surface area (Å²) in [6, 6.07) is 0. The normalized spacial score (nSPS) is 27.6. The summed E-state index contributed by atoms with van der Waals surface area (Å²) in [6.07, 6.45) is 0.679. The Labute approximate surface area is 84.3 Å². The minimum absolute atomic E-state index is 0.0672. The molecule has 14 heavy (non-hydrogen) atoms. The number of rotatable bonds is 3. The molecule has 0 aromatic carbocycles. The van der Waals surface area contributed by atoms with Crippen molar-refractivity contribution in [2.45, 2.75) is 20.3 Å². The summed E-state index contributed by atoms with van der Waals surface area (Å²) in [5.41, 5.74) is -0.581. The smallest absolute Gasteiger partial charge is 0.240 e. The van der Waals surface area contributed by atoms with E-state index in [1.54, 1.807) is 6.92 Å². The zero-order chi connectivity index (χ0) is 10.8. The van der Waals surface area contributed by atoms with Crippen molar-refractivity contribution in [2.75, 3.05) is 18.8 Å². The van der Waals surface area contributed by atoms with Crippen LogP contribution in [0.3, 0.4) is 0 Å². The fourth-order valence-electron chi connectivity index (χ4n) is 1.35. The quantitative estimate of drug-likeness (QED) is 0.669. The number of sulfonamides is 1. The molecule has 1 rings (SSSR count). The third kappa shape index (κ3) is 2.45. The standard InChI is InChI=1S/C8H16N2O3S/c1-3-14(12,13)10-7(11)8(2)4-5-9-6-8/h9H,3-6H2,1-2H3,(H,10,11). The van der Waals surface area contributed by atoms with Crippen LogP contribution in [0, 0.1) is 5.41 Å². The van der Waals surface area contributed by atoms with Gasteiger partial charge in [-0.2, -0.15) is 0 Å². The number of carbonyl (C=O) groups is 1. The lowest BCUT2D eigenvalue weighted by Gasteiger charge is -2.20. The van der Waals surface area contributed by atoms with Crippen LogP contribution in [0.15, 0.2) is 0 Å². The molecule has 0 saturated carbocycles. The summed E-state index contributed by atoms with van der Waals surface area (Å²) in [5.74, 6) is -0.466. The second-order valence-electron chi connectivity index (χ2n) is 3.82. The van der Waals surface area contributed by atoms with Crippen LogP contribution in [-0.4, -0.2) is 33.2 Å². The zero-order valence-electron chi connectivity index (χ0n) is 8.46. The van der Waals surface area contributed by atoms with Crippen molar-refractivity contribution < 1.29 is 13.2 Å². The Bertz CT molecular complexity index is 317. The molecule has 1 atom stereocenters. The molecule has 1 fully saturated rings. The molecule has 5 nitrogen and oxygen atoms in total. The maximum Gasteiger partial charge on any atom is 0.240 e. The number of nitrogens with one attached hydrogen (secondary N) is 2. The van der Waals surface area contributed by atoms with E-state index < -0.39 is 21.3 Å². The van der Waals surface area contributed by atoms with Gasteiger partial charge in [0.1, 0.15) is 0 Å². The summed E-state index contributed by atoms with van der Waals surface area (Å²) < 4.78 is 24.4. The molecule has 1 aliphatic rings. The highest BCUT2D eigenvalue weighted by atomic mass is 32.2. The second-order valence-corrected chi connectivity index (χ2v) is 5.83. The molecule has 2 N–H and O–H groups in total. The summed E-state index contributed by atoms with van der Waals surface area (Å²) >= 11 is 0. The minimum atomic E-state index is -3.42. The molecule has 1 unspecified atom stereocenters. The van der Waals surface area contributed by atoms with E-state index in [1.165, 1.54) is 6.92 Å². The van der Waals surface area contributed by atoms with Crippen molar-refractivity contribution in [1.29, 1.82) is 0 Å². The molecular formula is C8H16N2O3S. The summed E-state index contributed by atoms with van der Waals surface area (Å²) in [6.45, 7) is 4.58. The molecule has 1 heterocycles. The third-order valence-electron chi connectivity index (χ3n) is 2.55. The first-order chi connectivity index (χ1) is 6.40. The van der Waals surface area contributed by atoms with Crippen LogP contribution < -0.4 is 10.0 Å². The highest BCUT2D eigenvalue weighted by Gasteiger charge is 2.37. The molecule has 6 heteroatoms. The lowest BCUT2D eigenvalue weighted by molar-refractivity contribution is -0.127. The van der Waals surface area contributed by atoms with E-state index in [9.17, 15) is 13.2 Å². The summed E-state index contributed by atoms with van der Waals surface area (Å²) in [7, 11) is -3.42. The molecule has 0 aromatic heterocycles. The van der Waals surface area contributed by atoms with E-state index in [2.05, 4.69) is 10.0 Å². The Morgan fingerprint density at radius 1 is 1.57 bits per heavy atom. The average Bonchev–Trinajstić information content (AvgIpc) is 2.53. The fourth-order valence-corrected chi connectivity index (χ4v) is 2.02. The molecule has 82 valence electrons. The third-order valence-corrected chi connectivity index (χ3v) is 3.80. The van der Waals surface area contributed by atoms with Gasteiger partial charge < -0.3 is 5.32 Å². The molecule has 0 aromatic rings. The van der Waals surface area contributed by atoms with Crippen molar-refractivity contribution in [3.8, 4) is 0 Å². The van der Waals surface area contributed by atoms with Gasteiger partial charge in [0.25, 0.3) is 0 Å². The number of carbonyl (C=O) groups excluding carboxylic acids is 1. The Balaban J connectivity index is 2.67. The largest absolute Gasteiger partial charge is 0.316 e. The summed E-state index contributed by atoms with van der Waals surface area (Å²) in [4.78, 5) is 11.6. The van der Waals surface area contributed by atoms with Crippen LogP contribution in [0.2, 0.25) is 0 Å². The van der Waals surface area contributed by atoms with Crippen molar-refractivity contribution in [3.05, 3.63) is 0 Å². The van der Waals surface area contributed by atoms with E-state index in [4.69, 9.17) is 0 Å². The van der Waals surface area contributed by atoms with E-state index in [0.717, 1.165) is 6.54 Å². The van der Waals surface area contributed by atoms with Gasteiger partial charge in [0.05, 0.1) is 11.2 Å². The Hall–Kier alpha value is -0.620. The van der Waals surface area contributed by atoms with Crippen LogP contribution in [0.4, 0.5) is 0 Å². The number of amides is 1. The van der Waals surface area contributed by atoms with Gasteiger partial charge in [-0.1, -0.05) is 0 Å². The predicted molar refractivity (Wildman–Crippen MR) is 53.2 cm³/mol. The van der Waals surface area contributed by atoms with E-state index >= 15 is 0 Å². The molecule has 0 aliphatic carbocycles. The monoisotopic (exact) mass is 220 g/mol. The maximum absolute atomic E-state index is 11.6. The van der Waals surface area contributed by atoms with Crippen molar-refractivity contribution in [2.24, 2.45) is 5.41 Å². The lowest BCUT2D eigenvalue weighted by atomic mass is 9.89. The number of hydrogen-bond acceptors (Lipinski definition) is 4. The predicted octanol–water partition coefficient (Wildman–Crippen LogP) is -0.548. The first-order valence-electron chi connectivity index (χ1n) is 4.65. The average molecular weight is 220 g/mol. The van der Waals surface area contributed by atoms with Crippen molar-refractivity contribution in [3.63, 3.8) is 0 Å². The van der Waals surface area contributed by atoms with Gasteiger partial charge in [0.2, 0.25) is 15.9 Å². The molecule has 0 spiro atoms. The maximum atomic E-state index is 11.6. The van der Waals surface area contributed by atoms with E-state index in [1.807, 2.05) is 0 Å². The minimum Gasteiger partial charge on any atom is -0.316 e. The van der Waals surface area contributed by atoms with Gasteiger partial charge in [-0.15, -0.1) is 0 Å². The highest BCUT2D eigenvalue weighted by molar-refractivity contribution is 7.90. The van der Waals surface area contributed by atoms with Crippen LogP contribution >= 0.6 is 0 Å². The van der Waals surface area contributed by atoms with Crippen molar-refractivity contribution >= 4 is 15.9 Å². The van der Waals surface area contributed by atoms with Crippen LogP contribution in [0.5, 0.6) is 0 Å². The first kappa shape index (κ1) is 11.5. The second kappa shape index (κ2) is 3.86. The van der Waals surface area contributed by atoms with E-state index in [-0.39, 0.29) is 5.75 Å². The van der Waals surface area contributed by atoms with Crippen LogP contribution in [-0.2, 0) is 14.8 Å². The van der Waals surface area contributed by atoms with Gasteiger partial charge in [-0.3, -0.25) is 9.52 Å². The molecule has 0 bridgehead atoms. The molecule has 1 aliphatic heterocycles. The van der Waals surface area contributed by atoms with Crippen LogP contribution in [0.1, 0.15) is 20.3 Å². The number of hydrogen-bond donors (Lipinski definition) is 2. The fraction of sp³-hybridized carbons (Fsp3) is 0.875. The topological polar surface area (TPSA) is 75.3 Å². The van der Waals surface area contributed by atoms with Gasteiger partial charge in [-0.05, 0) is 26.8 Å². The van der Waals surface area contributed by atoms with E-state index in [0.29, 0.717) is 13.0 Å². The van der Waals surface area contributed by atoms with Gasteiger partial charge in [0.15, 0.2) is 0 Å². The molecular weight excluding hydrogens is 204 g/mol. The first-order valence-corrected chi connectivity index (χ1v) is 6.30. The zero-order valence-corrected chi connectivity index (χ0v) is 9.28. The Morgan fingerprint density at radius 2 is 2.21 bits per heavy atom. The van der Waals surface area contributed by atoms with Gasteiger partial charge in [0, 0.05) is 6.54 Å². The molecule has 0 radical (unpaired) electrons. The SMILES string of the molecule is CCS(=O)(=O)NC(=O)C1(C)CCNC1. The summed E-state index contributed by atoms with van der Waals surface area (Å²) in [5, 5.41) is 3.04. The molecule has 1 saturated heterocycles. The van der Waals surface area contributed by atoms with Gasteiger partial charge in [-0.25, -0.2) is 8.42 Å². The lowest BCUT2D eigenvalue weighted by Crippen LogP contribution is -2.43. The Kier molecular flexibility index (Phi) is 3.16. The molecule has 1 amide bonds. The Morgan fingerprint density at radius 3 is 2.64 bits per heavy atom.